The van der Waals surface area contributed by atoms with Gasteiger partial charge < -0.3 is 4.90 Å². The van der Waals surface area contributed by atoms with Gasteiger partial charge in [0.25, 0.3) is 5.69 Å². The first-order valence-corrected chi connectivity index (χ1v) is 7.98. The van der Waals surface area contributed by atoms with Gasteiger partial charge in [-0.25, -0.2) is 0 Å². The Hall–Kier alpha value is -2.70. The van der Waals surface area contributed by atoms with Crippen molar-refractivity contribution in [1.29, 1.82) is 0 Å². The van der Waals surface area contributed by atoms with E-state index in [4.69, 9.17) is 0 Å². The molecule has 0 atom stereocenters. The van der Waals surface area contributed by atoms with Crippen LogP contribution in [0.2, 0.25) is 0 Å². The first kappa shape index (κ1) is 16.2. The van der Waals surface area contributed by atoms with Crippen LogP contribution in [0.1, 0.15) is 41.6 Å². The number of ketones is 1. The maximum atomic E-state index is 11.5. The molecule has 0 unspecified atom stereocenters. The van der Waals surface area contributed by atoms with Crippen LogP contribution in [-0.4, -0.2) is 33.6 Å². The third-order valence-electron chi connectivity index (χ3n) is 4.61. The molecule has 2 aromatic rings. The van der Waals surface area contributed by atoms with E-state index in [1.165, 1.54) is 18.6 Å². The number of nitrogens with zero attached hydrogens (tertiary/aromatic N) is 4. The van der Waals surface area contributed by atoms with Gasteiger partial charge >= 0.3 is 0 Å². The molecule has 1 aromatic carbocycles. The Morgan fingerprint density at radius 2 is 2.04 bits per heavy atom. The molecule has 1 aliphatic heterocycles. The summed E-state index contributed by atoms with van der Waals surface area (Å²) in [7, 11) is 1.90. The molecule has 1 saturated heterocycles. The fourth-order valence-electron chi connectivity index (χ4n) is 3.26. The number of hydrogen-bond acceptors (Lipinski definition) is 5. The monoisotopic (exact) mass is 328 g/mol. The second kappa shape index (κ2) is 6.43. The third kappa shape index (κ3) is 3.15. The standard InChI is InChI=1S/C17H20N4O3/c1-12(22)14-3-4-16(17(9-14)21(23)24)20-7-5-13(6-8-20)15-10-18-19(2)11-15/h3-4,9-11,13H,5-8H2,1-2H3. The van der Waals surface area contributed by atoms with Crippen molar-refractivity contribution >= 4 is 17.2 Å². The van der Waals surface area contributed by atoms with Crippen molar-refractivity contribution in [2.75, 3.05) is 18.0 Å². The molecule has 0 saturated carbocycles. The van der Waals surface area contributed by atoms with Gasteiger partial charge in [-0.3, -0.25) is 19.6 Å². The van der Waals surface area contributed by atoms with E-state index >= 15 is 0 Å². The first-order valence-electron chi connectivity index (χ1n) is 7.98. The van der Waals surface area contributed by atoms with Crippen LogP contribution in [-0.2, 0) is 7.05 Å². The van der Waals surface area contributed by atoms with Crippen LogP contribution in [0.15, 0.2) is 30.6 Å². The van der Waals surface area contributed by atoms with Crippen LogP contribution in [0.4, 0.5) is 11.4 Å². The molecule has 1 aromatic heterocycles. The lowest BCUT2D eigenvalue weighted by Gasteiger charge is -2.33. The maximum absolute atomic E-state index is 11.5. The highest BCUT2D eigenvalue weighted by Gasteiger charge is 2.26. The number of aryl methyl sites for hydroxylation is 1. The largest absolute Gasteiger partial charge is 0.366 e. The number of Topliss-reactive ketones (excluding diaryl/α,β-unsaturated/α-hetero) is 1. The quantitative estimate of drug-likeness (QED) is 0.490. The number of rotatable bonds is 4. The molecule has 0 spiro atoms. The Morgan fingerprint density at radius 1 is 1.33 bits per heavy atom. The highest BCUT2D eigenvalue weighted by atomic mass is 16.6. The van der Waals surface area contributed by atoms with Crippen LogP contribution in [0.5, 0.6) is 0 Å². The zero-order chi connectivity index (χ0) is 17.3. The van der Waals surface area contributed by atoms with Gasteiger partial charge in [-0.15, -0.1) is 0 Å². The summed E-state index contributed by atoms with van der Waals surface area (Å²) in [6, 6.07) is 4.74. The summed E-state index contributed by atoms with van der Waals surface area (Å²) in [5.74, 6) is 0.269. The Bertz CT molecular complexity index is 776. The van der Waals surface area contributed by atoms with Gasteiger partial charge in [-0.05, 0) is 43.4 Å². The van der Waals surface area contributed by atoms with Crippen molar-refractivity contribution in [3.05, 3.63) is 51.8 Å². The molecule has 2 heterocycles. The number of nitro benzene ring substituents is 1. The number of nitro groups is 1. The minimum Gasteiger partial charge on any atom is -0.366 e. The number of benzene rings is 1. The van der Waals surface area contributed by atoms with Gasteiger partial charge in [0, 0.05) is 38.0 Å². The van der Waals surface area contributed by atoms with E-state index in [0.717, 1.165) is 25.9 Å². The topological polar surface area (TPSA) is 81.3 Å². The first-order chi connectivity index (χ1) is 11.5. The van der Waals surface area contributed by atoms with E-state index in [-0.39, 0.29) is 11.5 Å². The second-order valence-electron chi connectivity index (χ2n) is 6.23. The zero-order valence-electron chi connectivity index (χ0n) is 13.8. The molecular weight excluding hydrogens is 308 g/mol. The number of carbonyl (C=O) groups is 1. The van der Waals surface area contributed by atoms with E-state index in [2.05, 4.69) is 5.10 Å². The Labute approximate surface area is 140 Å². The Balaban J connectivity index is 1.78. The minimum atomic E-state index is -0.408. The smallest absolute Gasteiger partial charge is 0.293 e. The predicted molar refractivity (Wildman–Crippen MR) is 90.5 cm³/mol. The summed E-state index contributed by atoms with van der Waals surface area (Å²) in [5.41, 5.74) is 2.19. The highest BCUT2D eigenvalue weighted by molar-refractivity contribution is 5.95. The molecule has 0 radical (unpaired) electrons. The Morgan fingerprint density at radius 3 is 2.58 bits per heavy atom. The number of carbonyl (C=O) groups excluding carboxylic acids is 1. The third-order valence-corrected chi connectivity index (χ3v) is 4.61. The normalized spacial score (nSPS) is 15.5. The van der Waals surface area contributed by atoms with Gasteiger partial charge in [-0.2, -0.15) is 5.10 Å². The molecule has 1 fully saturated rings. The van der Waals surface area contributed by atoms with Crippen LogP contribution in [0.25, 0.3) is 0 Å². The van der Waals surface area contributed by atoms with Crippen molar-refractivity contribution in [3.8, 4) is 0 Å². The molecule has 1 aliphatic rings. The minimum absolute atomic E-state index is 0.00234. The van der Waals surface area contributed by atoms with Crippen LogP contribution in [0, 0.1) is 10.1 Å². The molecular formula is C17H20N4O3. The highest BCUT2D eigenvalue weighted by Crippen LogP contribution is 2.35. The van der Waals surface area contributed by atoms with E-state index in [0.29, 0.717) is 17.2 Å². The number of aromatic nitrogens is 2. The molecule has 126 valence electrons. The molecule has 7 heteroatoms. The molecule has 3 rings (SSSR count). The van der Waals surface area contributed by atoms with Crippen molar-refractivity contribution < 1.29 is 9.72 Å². The summed E-state index contributed by atoms with van der Waals surface area (Å²) in [6.07, 6.45) is 5.78. The summed E-state index contributed by atoms with van der Waals surface area (Å²) in [4.78, 5) is 24.5. The van der Waals surface area contributed by atoms with E-state index in [1.54, 1.807) is 16.8 Å². The van der Waals surface area contributed by atoms with Gasteiger partial charge in [0.2, 0.25) is 0 Å². The van der Waals surface area contributed by atoms with E-state index in [9.17, 15) is 14.9 Å². The van der Waals surface area contributed by atoms with Crippen molar-refractivity contribution in [2.45, 2.75) is 25.7 Å². The van der Waals surface area contributed by atoms with Crippen LogP contribution >= 0.6 is 0 Å². The van der Waals surface area contributed by atoms with Crippen molar-refractivity contribution in [3.63, 3.8) is 0 Å². The summed E-state index contributed by atoms with van der Waals surface area (Å²) in [6.45, 7) is 2.91. The average Bonchev–Trinajstić information content (AvgIpc) is 3.01. The summed E-state index contributed by atoms with van der Waals surface area (Å²) < 4.78 is 1.80. The fourth-order valence-corrected chi connectivity index (χ4v) is 3.26. The number of anilines is 1. The van der Waals surface area contributed by atoms with Gasteiger partial charge in [0.1, 0.15) is 5.69 Å². The van der Waals surface area contributed by atoms with Crippen LogP contribution in [0.3, 0.4) is 0 Å². The van der Waals surface area contributed by atoms with E-state index < -0.39 is 4.92 Å². The lowest BCUT2D eigenvalue weighted by molar-refractivity contribution is -0.384. The van der Waals surface area contributed by atoms with E-state index in [1.807, 2.05) is 24.3 Å². The predicted octanol–water partition coefficient (Wildman–Crippen LogP) is 2.91. The molecule has 0 bridgehead atoms. The molecule has 0 amide bonds. The molecule has 7 nitrogen and oxygen atoms in total. The van der Waals surface area contributed by atoms with Gasteiger partial charge in [0.05, 0.1) is 11.1 Å². The summed E-state index contributed by atoms with van der Waals surface area (Å²) in [5, 5.41) is 15.6. The van der Waals surface area contributed by atoms with Crippen LogP contribution < -0.4 is 4.90 Å². The zero-order valence-corrected chi connectivity index (χ0v) is 13.8. The van der Waals surface area contributed by atoms with Crippen molar-refractivity contribution in [2.24, 2.45) is 7.05 Å². The maximum Gasteiger partial charge on any atom is 0.293 e. The lowest BCUT2D eigenvalue weighted by Crippen LogP contribution is -2.33. The fraction of sp³-hybridized carbons (Fsp3) is 0.412. The van der Waals surface area contributed by atoms with Gasteiger partial charge in [0.15, 0.2) is 5.78 Å². The second-order valence-corrected chi connectivity index (χ2v) is 6.23. The molecule has 0 aliphatic carbocycles. The lowest BCUT2D eigenvalue weighted by atomic mass is 9.91. The van der Waals surface area contributed by atoms with Crippen molar-refractivity contribution in [1.82, 2.24) is 9.78 Å². The SMILES string of the molecule is CC(=O)c1ccc(N2CCC(c3cnn(C)c3)CC2)c([N+](=O)[O-])c1. The van der Waals surface area contributed by atoms with Gasteiger partial charge in [-0.1, -0.05) is 0 Å². The Kier molecular flexibility index (Phi) is 4.33. The number of hydrogen-bond donors (Lipinski definition) is 0. The molecule has 24 heavy (non-hydrogen) atoms. The molecule has 0 N–H and O–H groups in total. The number of piperidine rings is 1. The summed E-state index contributed by atoms with van der Waals surface area (Å²) >= 11 is 0. The average molecular weight is 328 g/mol.